The Labute approximate surface area is 235 Å². The van der Waals surface area contributed by atoms with Crippen LogP contribution in [0.3, 0.4) is 0 Å². The van der Waals surface area contributed by atoms with E-state index in [0.29, 0.717) is 13.6 Å². The van der Waals surface area contributed by atoms with E-state index in [2.05, 4.69) is 70.0 Å². The summed E-state index contributed by atoms with van der Waals surface area (Å²) in [7, 11) is 0. The molecule has 0 rings (SSSR count). The van der Waals surface area contributed by atoms with Crippen molar-refractivity contribution in [3.8, 4) is 0 Å². The summed E-state index contributed by atoms with van der Waals surface area (Å²) in [4.78, 5) is 0. The molecular weight excluding hydrogens is 568 g/mol. The fourth-order valence-corrected chi connectivity index (χ4v) is 4.59. The van der Waals surface area contributed by atoms with E-state index in [0.717, 1.165) is 62.0 Å². The number of rotatable bonds is 28. The lowest BCUT2D eigenvalue weighted by Gasteiger charge is -2.20. The molecule has 0 aliphatic heterocycles. The fourth-order valence-electron chi connectivity index (χ4n) is 4.06. The highest BCUT2D eigenvalue weighted by Gasteiger charge is 2.11. The van der Waals surface area contributed by atoms with Crippen molar-refractivity contribution in [3.05, 3.63) is 24.3 Å². The molecule has 0 aromatic heterocycles. The smallest absolute Gasteiger partial charge is 0.149 e. The van der Waals surface area contributed by atoms with Gasteiger partial charge < -0.3 is 14.2 Å². The van der Waals surface area contributed by atoms with E-state index < -0.39 is 0 Å². The summed E-state index contributed by atoms with van der Waals surface area (Å²) in [6, 6.07) is 0. The van der Waals surface area contributed by atoms with Crippen molar-refractivity contribution in [2.75, 3.05) is 24.2 Å². The molecule has 0 spiro atoms. The summed E-state index contributed by atoms with van der Waals surface area (Å²) < 4.78 is 18.0. The van der Waals surface area contributed by atoms with Gasteiger partial charge in [-0.25, -0.2) is 0 Å². The molecule has 0 fully saturated rings. The van der Waals surface area contributed by atoms with E-state index in [1.54, 1.807) is 0 Å². The number of allylic oxidation sites excluding steroid dienone is 4. The maximum atomic E-state index is 6.13. The summed E-state index contributed by atoms with van der Waals surface area (Å²) in [5.74, 6) is 0. The Morgan fingerprint density at radius 2 is 0.914 bits per heavy atom. The molecule has 5 heteroatoms. The molecule has 0 aromatic rings. The van der Waals surface area contributed by atoms with Gasteiger partial charge in [-0.15, -0.1) is 0 Å². The first-order valence-electron chi connectivity index (χ1n) is 14.5. The van der Waals surface area contributed by atoms with Gasteiger partial charge in [-0.05, 0) is 51.4 Å². The van der Waals surface area contributed by atoms with Crippen LogP contribution in [0.4, 0.5) is 0 Å². The molecular formula is C30H56Br2O3. The molecule has 2 atom stereocenters. The van der Waals surface area contributed by atoms with Gasteiger partial charge in [0.15, 0.2) is 0 Å². The van der Waals surface area contributed by atoms with Gasteiger partial charge in [0, 0.05) is 10.7 Å². The molecule has 0 amide bonds. The van der Waals surface area contributed by atoms with Gasteiger partial charge >= 0.3 is 0 Å². The van der Waals surface area contributed by atoms with Crippen LogP contribution in [0.2, 0.25) is 0 Å². The first-order chi connectivity index (χ1) is 17.3. The first-order valence-corrected chi connectivity index (χ1v) is 16.8. The fraction of sp³-hybridized carbons (Fsp3) is 0.867. The maximum absolute atomic E-state index is 6.13. The predicted octanol–water partition coefficient (Wildman–Crippen LogP) is 10.7. The van der Waals surface area contributed by atoms with E-state index in [1.165, 1.54) is 64.2 Å². The van der Waals surface area contributed by atoms with Crippen LogP contribution in [0.15, 0.2) is 24.3 Å². The maximum Gasteiger partial charge on any atom is 0.149 e. The number of alkyl halides is 2. The van der Waals surface area contributed by atoms with Crippen LogP contribution in [-0.4, -0.2) is 36.5 Å². The molecule has 3 nitrogen and oxygen atoms in total. The normalized spacial score (nSPS) is 13.8. The third-order valence-electron chi connectivity index (χ3n) is 6.23. The van der Waals surface area contributed by atoms with Gasteiger partial charge in [0.2, 0.25) is 0 Å². The van der Waals surface area contributed by atoms with Crippen LogP contribution in [0.1, 0.15) is 129 Å². The second kappa shape index (κ2) is 30.5. The molecule has 0 aliphatic carbocycles. The molecule has 0 bridgehead atoms. The van der Waals surface area contributed by atoms with E-state index in [1.807, 2.05) is 0 Å². The molecule has 35 heavy (non-hydrogen) atoms. The molecule has 0 radical (unpaired) electrons. The predicted molar refractivity (Wildman–Crippen MR) is 161 cm³/mol. The Morgan fingerprint density at radius 3 is 1.31 bits per heavy atom. The molecule has 0 saturated heterocycles. The number of halogens is 2. The van der Waals surface area contributed by atoms with E-state index in [4.69, 9.17) is 14.2 Å². The van der Waals surface area contributed by atoms with Crippen molar-refractivity contribution in [1.29, 1.82) is 0 Å². The summed E-state index contributed by atoms with van der Waals surface area (Å²) in [5, 5.41) is 2.06. The Hall–Kier alpha value is 0.320. The van der Waals surface area contributed by atoms with Crippen molar-refractivity contribution in [1.82, 2.24) is 0 Å². The van der Waals surface area contributed by atoms with E-state index >= 15 is 0 Å². The molecule has 0 N–H and O–H groups in total. The average molecular weight is 625 g/mol. The molecule has 0 saturated carbocycles. The summed E-state index contributed by atoms with van der Waals surface area (Å²) in [6.45, 7) is 5.20. The second-order valence-electron chi connectivity index (χ2n) is 9.48. The lowest BCUT2D eigenvalue weighted by atomic mass is 10.0. The topological polar surface area (TPSA) is 27.7 Å². The SMILES string of the molecule is CCCCCCCC(CC/C=C\CCBr)OCOCOC(CC/C=C\CCBr)CCCCCCC. The number of hydrogen-bond acceptors (Lipinski definition) is 3. The monoisotopic (exact) mass is 622 g/mol. The third kappa shape index (κ3) is 27.2. The highest BCUT2D eigenvalue weighted by molar-refractivity contribution is 9.09. The number of hydrogen-bond donors (Lipinski definition) is 0. The van der Waals surface area contributed by atoms with E-state index in [9.17, 15) is 0 Å². The number of unbranched alkanes of at least 4 members (excludes halogenated alkanes) is 8. The third-order valence-corrected chi connectivity index (χ3v) is 7.14. The first kappa shape index (κ1) is 35.3. The van der Waals surface area contributed by atoms with Crippen LogP contribution in [0.25, 0.3) is 0 Å². The Balaban J connectivity index is 4.30. The zero-order valence-corrected chi connectivity index (χ0v) is 26.2. The Morgan fingerprint density at radius 1 is 0.514 bits per heavy atom. The van der Waals surface area contributed by atoms with Crippen molar-refractivity contribution in [3.63, 3.8) is 0 Å². The number of ether oxygens (including phenoxy) is 3. The van der Waals surface area contributed by atoms with Gasteiger partial charge in [0.1, 0.15) is 13.6 Å². The van der Waals surface area contributed by atoms with Crippen LogP contribution in [0.5, 0.6) is 0 Å². The lowest BCUT2D eigenvalue weighted by Crippen LogP contribution is -2.19. The van der Waals surface area contributed by atoms with Crippen LogP contribution in [-0.2, 0) is 14.2 Å². The lowest BCUT2D eigenvalue weighted by molar-refractivity contribution is -0.167. The standard InChI is InChI=1S/C30H56Br2O3/c1-3-5-7-9-15-21-29(23-17-11-13-19-25-31)34-27-33-28-35-30(22-16-10-8-6-4-2)24-18-12-14-20-26-32/h11-14,29-30H,3-10,15-28H2,1-2H3/b13-11-,14-12-. The van der Waals surface area contributed by atoms with Crippen LogP contribution < -0.4 is 0 Å². The van der Waals surface area contributed by atoms with Gasteiger partial charge in [0.05, 0.1) is 12.2 Å². The molecule has 0 heterocycles. The van der Waals surface area contributed by atoms with Gasteiger partial charge in [-0.2, -0.15) is 0 Å². The second-order valence-corrected chi connectivity index (χ2v) is 11.1. The van der Waals surface area contributed by atoms with Gasteiger partial charge in [-0.1, -0.05) is 134 Å². The molecule has 208 valence electrons. The van der Waals surface area contributed by atoms with Gasteiger partial charge in [0.25, 0.3) is 0 Å². The summed E-state index contributed by atoms with van der Waals surface area (Å²) in [5.41, 5.74) is 0. The van der Waals surface area contributed by atoms with Crippen molar-refractivity contribution < 1.29 is 14.2 Å². The summed E-state index contributed by atoms with van der Waals surface area (Å²) >= 11 is 6.96. The van der Waals surface area contributed by atoms with Crippen LogP contribution in [0, 0.1) is 0 Å². The molecule has 2 unspecified atom stereocenters. The zero-order chi connectivity index (χ0) is 25.7. The molecule has 0 aliphatic rings. The average Bonchev–Trinajstić information content (AvgIpc) is 2.86. The minimum Gasteiger partial charge on any atom is -0.352 e. The minimum atomic E-state index is 0.277. The quantitative estimate of drug-likeness (QED) is 0.0375. The van der Waals surface area contributed by atoms with Crippen molar-refractivity contribution in [2.24, 2.45) is 0 Å². The zero-order valence-electron chi connectivity index (χ0n) is 23.0. The highest BCUT2D eigenvalue weighted by Crippen LogP contribution is 2.16. The molecule has 0 aromatic carbocycles. The van der Waals surface area contributed by atoms with Crippen molar-refractivity contribution in [2.45, 2.75) is 142 Å². The van der Waals surface area contributed by atoms with Gasteiger partial charge in [-0.3, -0.25) is 0 Å². The van der Waals surface area contributed by atoms with E-state index in [-0.39, 0.29) is 12.2 Å². The minimum absolute atomic E-state index is 0.277. The Kier molecular flexibility index (Phi) is 30.8. The van der Waals surface area contributed by atoms with Crippen molar-refractivity contribution >= 4 is 31.9 Å². The highest BCUT2D eigenvalue weighted by atomic mass is 79.9. The summed E-state index contributed by atoms with van der Waals surface area (Å²) in [6.07, 6.45) is 31.4. The van der Waals surface area contributed by atoms with Crippen LogP contribution >= 0.6 is 31.9 Å². The largest absolute Gasteiger partial charge is 0.352 e. The Bertz CT molecular complexity index is 417.